The van der Waals surface area contributed by atoms with Gasteiger partial charge in [-0.2, -0.15) is 0 Å². The van der Waals surface area contributed by atoms with Crippen molar-refractivity contribution < 1.29 is 4.39 Å². The van der Waals surface area contributed by atoms with E-state index in [0.717, 1.165) is 0 Å². The van der Waals surface area contributed by atoms with Gasteiger partial charge < -0.3 is 0 Å². The number of thiol groups is 1. The van der Waals surface area contributed by atoms with E-state index < -0.39 is 0 Å². The molecule has 0 fully saturated rings. The van der Waals surface area contributed by atoms with Crippen molar-refractivity contribution in [3.63, 3.8) is 0 Å². The van der Waals surface area contributed by atoms with Crippen molar-refractivity contribution in [3.05, 3.63) is 34.6 Å². The van der Waals surface area contributed by atoms with Crippen molar-refractivity contribution in [3.8, 4) is 0 Å². The van der Waals surface area contributed by atoms with Crippen molar-refractivity contribution in [2.24, 2.45) is 0 Å². The molecule has 0 radical (unpaired) electrons. The fraction of sp³-hybridized carbons (Fsp3) is 0.333. The predicted molar refractivity (Wildman–Crippen MR) is 61.0 cm³/mol. The van der Waals surface area contributed by atoms with E-state index >= 15 is 0 Å². The lowest BCUT2D eigenvalue weighted by Gasteiger charge is -2.22. The third-order valence-electron chi connectivity index (χ3n) is 1.81. The van der Waals surface area contributed by atoms with Crippen LogP contribution in [0.2, 0.25) is 5.02 Å². The fourth-order valence-corrected chi connectivity index (χ4v) is 1.74. The van der Waals surface area contributed by atoms with E-state index in [1.54, 1.807) is 12.1 Å². The summed E-state index contributed by atoms with van der Waals surface area (Å²) in [5.74, 6) is -0.279. The zero-order valence-electron chi connectivity index (χ0n) is 7.34. The maximum atomic E-state index is 13.4. The van der Waals surface area contributed by atoms with Gasteiger partial charge in [-0.1, -0.05) is 28.5 Å². The summed E-state index contributed by atoms with van der Waals surface area (Å²) in [6.45, 7) is 3.83. The van der Waals surface area contributed by atoms with Gasteiger partial charge in [0.1, 0.15) is 5.82 Å². The van der Waals surface area contributed by atoms with Crippen molar-refractivity contribution in [1.82, 2.24) is 0 Å². The largest absolute Gasteiger partial charge is 0.207 e. The van der Waals surface area contributed by atoms with Crippen molar-refractivity contribution in [2.75, 3.05) is 0 Å². The van der Waals surface area contributed by atoms with Gasteiger partial charge in [0.25, 0.3) is 0 Å². The van der Waals surface area contributed by atoms with Crippen LogP contribution in [0.3, 0.4) is 0 Å². The molecule has 1 aromatic carbocycles. The normalized spacial score (nSPS) is 11.8. The zero-order valence-corrected chi connectivity index (χ0v) is 9.81. The lowest BCUT2D eigenvalue weighted by Crippen LogP contribution is -2.12. The number of hydrogen-bond acceptors (Lipinski definition) is 2. The van der Waals surface area contributed by atoms with E-state index in [0.29, 0.717) is 10.6 Å². The highest BCUT2D eigenvalue weighted by Crippen LogP contribution is 2.39. The molecule has 1 rings (SSSR count). The van der Waals surface area contributed by atoms with E-state index in [-0.39, 0.29) is 10.6 Å². The molecular weight excluding hydrogens is 227 g/mol. The average Bonchev–Trinajstić information content (AvgIpc) is 2.03. The number of hydrogen-bond donors (Lipinski definition) is 1. The Labute approximate surface area is 91.7 Å². The third kappa shape index (κ3) is 2.55. The SMILES string of the molecule is CC(C)(SS)c1ccc(Cl)cc1F. The van der Waals surface area contributed by atoms with Crippen molar-refractivity contribution >= 4 is 34.1 Å². The van der Waals surface area contributed by atoms with E-state index in [4.69, 9.17) is 11.6 Å². The fourth-order valence-electron chi connectivity index (χ4n) is 1.03. The van der Waals surface area contributed by atoms with Gasteiger partial charge in [0.2, 0.25) is 0 Å². The Balaban J connectivity index is 3.16. The Morgan fingerprint density at radius 2 is 2.08 bits per heavy atom. The Morgan fingerprint density at radius 3 is 2.54 bits per heavy atom. The van der Waals surface area contributed by atoms with Gasteiger partial charge in [-0.25, -0.2) is 4.39 Å². The lowest BCUT2D eigenvalue weighted by atomic mass is 10.0. The minimum atomic E-state index is -0.336. The summed E-state index contributed by atoms with van der Waals surface area (Å²) in [6.07, 6.45) is 0. The maximum Gasteiger partial charge on any atom is 0.129 e. The van der Waals surface area contributed by atoms with Gasteiger partial charge in [0, 0.05) is 15.3 Å². The summed E-state index contributed by atoms with van der Waals surface area (Å²) in [5, 5.41) is 0.418. The summed E-state index contributed by atoms with van der Waals surface area (Å²) in [7, 11) is 1.31. The molecule has 0 unspecified atom stereocenters. The topological polar surface area (TPSA) is 0 Å². The Kier molecular flexibility index (Phi) is 3.55. The third-order valence-corrected chi connectivity index (χ3v) is 4.09. The van der Waals surface area contributed by atoms with Crippen LogP contribution in [0.15, 0.2) is 18.2 Å². The average molecular weight is 237 g/mol. The van der Waals surface area contributed by atoms with Crippen LogP contribution in [0.4, 0.5) is 4.39 Å². The molecule has 0 aromatic heterocycles. The molecule has 0 nitrogen and oxygen atoms in total. The number of rotatable bonds is 2. The van der Waals surface area contributed by atoms with E-state index in [2.05, 4.69) is 11.7 Å². The highest BCUT2D eigenvalue weighted by molar-refractivity contribution is 8.68. The minimum absolute atomic E-state index is 0.279. The summed E-state index contributed by atoms with van der Waals surface area (Å²) >= 11 is 9.75. The van der Waals surface area contributed by atoms with Crippen molar-refractivity contribution in [2.45, 2.75) is 18.6 Å². The first-order valence-corrected chi connectivity index (χ1v) is 6.00. The van der Waals surface area contributed by atoms with Crippen LogP contribution in [-0.2, 0) is 4.75 Å². The molecule has 1 aromatic rings. The number of halogens is 2. The molecule has 4 heteroatoms. The molecule has 0 saturated heterocycles. The van der Waals surface area contributed by atoms with Crippen LogP contribution >= 0.6 is 34.1 Å². The molecule has 0 N–H and O–H groups in total. The Bertz CT molecular complexity index is 312. The van der Waals surface area contributed by atoms with Crippen LogP contribution in [0, 0.1) is 5.82 Å². The molecular formula is C9H10ClFS2. The molecule has 13 heavy (non-hydrogen) atoms. The monoisotopic (exact) mass is 236 g/mol. The zero-order chi connectivity index (χ0) is 10.1. The summed E-state index contributed by atoms with van der Waals surface area (Å²) < 4.78 is 13.1. The van der Waals surface area contributed by atoms with Crippen molar-refractivity contribution in [1.29, 1.82) is 0 Å². The number of benzene rings is 1. The molecule has 0 atom stereocenters. The van der Waals surface area contributed by atoms with Gasteiger partial charge in [-0.05, 0) is 26.0 Å². The van der Waals surface area contributed by atoms with Crippen LogP contribution in [-0.4, -0.2) is 0 Å². The molecule has 0 aliphatic carbocycles. The van der Waals surface area contributed by atoms with Crippen LogP contribution in [0.5, 0.6) is 0 Å². The first-order chi connectivity index (χ1) is 5.97. The van der Waals surface area contributed by atoms with E-state index in [9.17, 15) is 4.39 Å². The molecule has 0 heterocycles. The molecule has 0 spiro atoms. The molecule has 0 aliphatic rings. The minimum Gasteiger partial charge on any atom is -0.207 e. The standard InChI is InChI=1S/C9H10ClFS2/c1-9(2,13-12)7-4-3-6(10)5-8(7)11/h3-5,12H,1-2H3. The van der Waals surface area contributed by atoms with E-state index in [1.807, 2.05) is 13.8 Å². The first-order valence-electron chi connectivity index (χ1n) is 3.75. The molecule has 72 valence electrons. The Morgan fingerprint density at radius 1 is 1.46 bits per heavy atom. The Hall–Kier alpha value is 0.140. The second-order valence-corrected chi connectivity index (χ2v) is 5.41. The quantitative estimate of drug-likeness (QED) is 0.590. The lowest BCUT2D eigenvalue weighted by molar-refractivity contribution is 0.588. The molecule has 0 amide bonds. The smallest absolute Gasteiger partial charge is 0.129 e. The second kappa shape index (κ2) is 4.11. The summed E-state index contributed by atoms with van der Waals surface area (Å²) in [5.41, 5.74) is 0.622. The summed E-state index contributed by atoms with van der Waals surface area (Å²) in [4.78, 5) is 0. The van der Waals surface area contributed by atoms with Gasteiger partial charge >= 0.3 is 0 Å². The molecule has 0 aliphatic heterocycles. The summed E-state index contributed by atoms with van der Waals surface area (Å²) in [6, 6.07) is 4.70. The van der Waals surface area contributed by atoms with Gasteiger partial charge in [-0.15, -0.1) is 11.7 Å². The van der Waals surface area contributed by atoms with Gasteiger partial charge in [0.15, 0.2) is 0 Å². The molecule has 0 bridgehead atoms. The van der Waals surface area contributed by atoms with E-state index in [1.165, 1.54) is 16.9 Å². The second-order valence-electron chi connectivity index (χ2n) is 3.23. The van der Waals surface area contributed by atoms with Crippen LogP contribution in [0.1, 0.15) is 19.4 Å². The first kappa shape index (κ1) is 11.2. The maximum absolute atomic E-state index is 13.4. The van der Waals surface area contributed by atoms with Crippen LogP contribution in [0.25, 0.3) is 0 Å². The van der Waals surface area contributed by atoms with Gasteiger partial charge in [-0.3, -0.25) is 0 Å². The highest BCUT2D eigenvalue weighted by atomic mass is 35.5. The van der Waals surface area contributed by atoms with Crippen LogP contribution < -0.4 is 0 Å². The predicted octanol–water partition coefficient (Wildman–Crippen LogP) is 4.29. The molecule has 0 saturated carbocycles. The van der Waals surface area contributed by atoms with Gasteiger partial charge in [0.05, 0.1) is 0 Å². The highest BCUT2D eigenvalue weighted by Gasteiger charge is 2.23.